The number of carbonyl (C=O) groups is 1. The minimum Gasteiger partial charge on any atom is -0.393 e. The van der Waals surface area contributed by atoms with Gasteiger partial charge in [-0.15, -0.1) is 0 Å². The van der Waals surface area contributed by atoms with Gasteiger partial charge >= 0.3 is 0 Å². The Balaban J connectivity index is 1.79. The Morgan fingerprint density at radius 3 is 2.53 bits per heavy atom. The SMILES string of the molecule is Cc1nc(N)ccc1CNC(=O)Cn1c(C)cc(S(=O)(=O)C2CCCC2)c(N)c1=O. The van der Waals surface area contributed by atoms with Crippen LogP contribution < -0.4 is 22.3 Å². The van der Waals surface area contributed by atoms with Crippen molar-refractivity contribution in [1.82, 2.24) is 14.9 Å². The summed E-state index contributed by atoms with van der Waals surface area (Å²) in [6.45, 7) is 3.35. The Labute approximate surface area is 175 Å². The number of hydrogen-bond donors (Lipinski definition) is 3. The van der Waals surface area contributed by atoms with E-state index < -0.39 is 26.6 Å². The fraction of sp³-hybridized carbons (Fsp3) is 0.450. The number of pyridine rings is 2. The van der Waals surface area contributed by atoms with Gasteiger partial charge in [0.1, 0.15) is 18.1 Å². The highest BCUT2D eigenvalue weighted by Gasteiger charge is 2.33. The largest absolute Gasteiger partial charge is 0.393 e. The summed E-state index contributed by atoms with van der Waals surface area (Å²) in [5.74, 6) is -0.00454. The molecular weight excluding hydrogens is 406 g/mol. The highest BCUT2D eigenvalue weighted by molar-refractivity contribution is 7.92. The lowest BCUT2D eigenvalue weighted by atomic mass is 10.2. The standard InChI is InChI=1S/C20H27N5O4S/c1-12-9-16(30(28,29)15-5-3-4-6-15)19(22)20(27)25(12)11-18(26)23-10-14-7-8-17(21)24-13(14)2/h7-9,15H,3-6,10-11,22H2,1-2H3,(H2,21,24)(H,23,26). The predicted octanol–water partition coefficient (Wildman–Crippen LogP) is 1.06. The van der Waals surface area contributed by atoms with E-state index in [4.69, 9.17) is 11.5 Å². The molecule has 1 aliphatic carbocycles. The molecule has 3 rings (SSSR count). The molecule has 5 N–H and O–H groups in total. The first-order valence-electron chi connectivity index (χ1n) is 9.83. The molecular formula is C20H27N5O4S. The zero-order chi connectivity index (χ0) is 22.1. The first-order valence-corrected chi connectivity index (χ1v) is 11.4. The second-order valence-corrected chi connectivity index (χ2v) is 9.86. The Hall–Kier alpha value is -2.88. The third-order valence-corrected chi connectivity index (χ3v) is 7.85. The number of amides is 1. The monoisotopic (exact) mass is 433 g/mol. The number of rotatable bonds is 6. The molecule has 1 amide bonds. The summed E-state index contributed by atoms with van der Waals surface area (Å²) in [6.07, 6.45) is 2.85. The fourth-order valence-electron chi connectivity index (χ4n) is 3.76. The van der Waals surface area contributed by atoms with Crippen LogP contribution >= 0.6 is 0 Å². The molecule has 2 aromatic rings. The van der Waals surface area contributed by atoms with Gasteiger partial charge in [-0.2, -0.15) is 0 Å². The molecule has 1 saturated carbocycles. The molecule has 10 heteroatoms. The summed E-state index contributed by atoms with van der Waals surface area (Å²) in [7, 11) is -3.67. The van der Waals surface area contributed by atoms with Gasteiger partial charge in [-0.3, -0.25) is 9.59 Å². The van der Waals surface area contributed by atoms with Gasteiger partial charge in [0.25, 0.3) is 5.56 Å². The van der Waals surface area contributed by atoms with Gasteiger partial charge < -0.3 is 21.4 Å². The number of nitrogens with two attached hydrogens (primary N) is 2. The maximum atomic E-state index is 12.9. The summed E-state index contributed by atoms with van der Waals surface area (Å²) < 4.78 is 27.0. The van der Waals surface area contributed by atoms with Crippen molar-refractivity contribution in [1.29, 1.82) is 0 Å². The number of nitrogens with zero attached hydrogens (tertiary/aromatic N) is 2. The van der Waals surface area contributed by atoms with Crippen LogP contribution in [0.2, 0.25) is 0 Å². The highest BCUT2D eigenvalue weighted by Crippen LogP contribution is 2.31. The van der Waals surface area contributed by atoms with Crippen molar-refractivity contribution in [2.75, 3.05) is 11.5 Å². The normalized spacial score (nSPS) is 14.7. The Morgan fingerprint density at radius 1 is 1.23 bits per heavy atom. The smallest absolute Gasteiger partial charge is 0.275 e. The second kappa shape index (κ2) is 8.47. The van der Waals surface area contributed by atoms with Crippen LogP contribution in [0.3, 0.4) is 0 Å². The summed E-state index contributed by atoms with van der Waals surface area (Å²) >= 11 is 0. The number of carbonyl (C=O) groups excluding carboxylic acids is 1. The van der Waals surface area contributed by atoms with Crippen molar-refractivity contribution in [3.63, 3.8) is 0 Å². The molecule has 0 aliphatic heterocycles. The van der Waals surface area contributed by atoms with Crippen LogP contribution in [-0.4, -0.2) is 29.1 Å². The molecule has 30 heavy (non-hydrogen) atoms. The van der Waals surface area contributed by atoms with Crippen LogP contribution in [0.1, 0.15) is 42.6 Å². The number of aromatic nitrogens is 2. The van der Waals surface area contributed by atoms with Crippen LogP contribution in [0, 0.1) is 13.8 Å². The quantitative estimate of drug-likeness (QED) is 0.616. The maximum Gasteiger partial charge on any atom is 0.275 e. The summed E-state index contributed by atoms with van der Waals surface area (Å²) in [5, 5.41) is 2.23. The first-order chi connectivity index (χ1) is 14.1. The van der Waals surface area contributed by atoms with E-state index >= 15 is 0 Å². The third-order valence-electron chi connectivity index (χ3n) is 5.55. The van der Waals surface area contributed by atoms with Crippen molar-refractivity contribution in [2.45, 2.75) is 62.8 Å². The third kappa shape index (κ3) is 4.33. The van der Waals surface area contributed by atoms with Gasteiger partial charge in [-0.05, 0) is 44.4 Å². The Kier molecular flexibility index (Phi) is 6.16. The number of aryl methyl sites for hydroxylation is 2. The zero-order valence-electron chi connectivity index (χ0n) is 17.1. The molecule has 0 atom stereocenters. The van der Waals surface area contributed by atoms with E-state index in [2.05, 4.69) is 10.3 Å². The molecule has 0 saturated heterocycles. The van der Waals surface area contributed by atoms with Gasteiger partial charge in [0.05, 0.1) is 10.1 Å². The van der Waals surface area contributed by atoms with Gasteiger partial charge in [0.2, 0.25) is 5.91 Å². The first kappa shape index (κ1) is 21.8. The van der Waals surface area contributed by atoms with E-state index in [1.165, 1.54) is 10.6 Å². The number of anilines is 2. The van der Waals surface area contributed by atoms with Crippen LogP contribution in [0.4, 0.5) is 11.5 Å². The van der Waals surface area contributed by atoms with E-state index in [1.54, 1.807) is 26.0 Å². The van der Waals surface area contributed by atoms with E-state index in [0.29, 0.717) is 30.0 Å². The molecule has 1 fully saturated rings. The molecule has 0 radical (unpaired) electrons. The van der Waals surface area contributed by atoms with Crippen LogP contribution in [0.5, 0.6) is 0 Å². The van der Waals surface area contributed by atoms with Crippen LogP contribution in [-0.2, 0) is 27.7 Å². The molecule has 1 aliphatic rings. The van der Waals surface area contributed by atoms with Gasteiger partial charge in [-0.25, -0.2) is 13.4 Å². The summed E-state index contributed by atoms with van der Waals surface area (Å²) in [6, 6.07) is 4.81. The van der Waals surface area contributed by atoms with Crippen molar-refractivity contribution in [2.24, 2.45) is 0 Å². The molecule has 2 heterocycles. The van der Waals surface area contributed by atoms with Crippen LogP contribution in [0.25, 0.3) is 0 Å². The van der Waals surface area contributed by atoms with E-state index in [0.717, 1.165) is 18.4 Å². The van der Waals surface area contributed by atoms with Crippen LogP contribution in [0.15, 0.2) is 27.9 Å². The molecule has 0 spiro atoms. The molecule has 2 aromatic heterocycles. The maximum absolute atomic E-state index is 12.9. The number of sulfone groups is 1. The molecule has 9 nitrogen and oxygen atoms in total. The van der Waals surface area contributed by atoms with Crippen molar-refractivity contribution in [3.8, 4) is 0 Å². The van der Waals surface area contributed by atoms with Crippen molar-refractivity contribution in [3.05, 3.63) is 45.5 Å². The fourth-order valence-corrected chi connectivity index (χ4v) is 5.80. The Morgan fingerprint density at radius 2 is 1.90 bits per heavy atom. The average Bonchev–Trinajstić information content (AvgIpc) is 3.23. The van der Waals surface area contributed by atoms with E-state index in [9.17, 15) is 18.0 Å². The highest BCUT2D eigenvalue weighted by atomic mass is 32.2. The lowest BCUT2D eigenvalue weighted by molar-refractivity contribution is -0.121. The minimum atomic E-state index is -3.67. The van der Waals surface area contributed by atoms with E-state index in [1.807, 2.05) is 0 Å². The Bertz CT molecular complexity index is 1130. The summed E-state index contributed by atoms with van der Waals surface area (Å²) in [4.78, 5) is 29.1. The molecule has 162 valence electrons. The zero-order valence-corrected chi connectivity index (χ0v) is 18.0. The second-order valence-electron chi connectivity index (χ2n) is 7.66. The minimum absolute atomic E-state index is 0.128. The van der Waals surface area contributed by atoms with E-state index in [-0.39, 0.29) is 23.7 Å². The number of nitrogen functional groups attached to an aromatic ring is 2. The van der Waals surface area contributed by atoms with Gasteiger partial charge in [-0.1, -0.05) is 18.9 Å². The molecule has 0 bridgehead atoms. The van der Waals surface area contributed by atoms with Gasteiger partial charge in [0, 0.05) is 17.9 Å². The average molecular weight is 434 g/mol. The van der Waals surface area contributed by atoms with Gasteiger partial charge in [0.15, 0.2) is 9.84 Å². The lowest BCUT2D eigenvalue weighted by Crippen LogP contribution is -2.35. The molecule has 0 aromatic carbocycles. The molecule has 0 unspecified atom stereocenters. The lowest BCUT2D eigenvalue weighted by Gasteiger charge is -2.17. The topological polar surface area (TPSA) is 150 Å². The van der Waals surface area contributed by atoms with Crippen molar-refractivity contribution < 1.29 is 13.2 Å². The number of nitrogens with one attached hydrogen (secondary N) is 1. The summed E-state index contributed by atoms with van der Waals surface area (Å²) in [5.41, 5.74) is 12.4. The van der Waals surface area contributed by atoms with Crippen molar-refractivity contribution >= 4 is 27.2 Å². The predicted molar refractivity (Wildman–Crippen MR) is 115 cm³/mol. The number of hydrogen-bond acceptors (Lipinski definition) is 7.